The second kappa shape index (κ2) is 8.32. The lowest BCUT2D eigenvalue weighted by Crippen LogP contribution is -2.16. The molecule has 2 heterocycles. The maximum Gasteiger partial charge on any atom is 0.231 e. The van der Waals surface area contributed by atoms with Gasteiger partial charge in [-0.15, -0.1) is 11.3 Å². The molecule has 0 saturated carbocycles. The van der Waals surface area contributed by atoms with E-state index in [-0.39, 0.29) is 12.0 Å². The first-order valence-electron chi connectivity index (χ1n) is 8.76. The number of carbonyl (C=O) groups is 1. The van der Waals surface area contributed by atoms with Crippen LogP contribution in [0.1, 0.15) is 17.0 Å². The summed E-state index contributed by atoms with van der Waals surface area (Å²) in [5.74, 6) is -0.908. The standard InChI is InChI=1S/C21H15F2N3O2S/c22-15-8-7-13(16(23)12-15)10-19(27)24-17-5-2-1-4-14(17)11-20-25-21(26-28-20)18-6-3-9-29-18/h1-9,12H,10-11H2,(H,24,27). The van der Waals surface area contributed by atoms with Gasteiger partial charge in [-0.05, 0) is 34.7 Å². The van der Waals surface area contributed by atoms with Crippen LogP contribution in [-0.4, -0.2) is 16.0 Å². The third kappa shape index (κ3) is 4.55. The van der Waals surface area contributed by atoms with Crippen molar-refractivity contribution < 1.29 is 18.1 Å². The lowest BCUT2D eigenvalue weighted by atomic mass is 10.1. The lowest BCUT2D eigenvalue weighted by molar-refractivity contribution is -0.115. The third-order valence-electron chi connectivity index (χ3n) is 4.21. The molecule has 0 aliphatic rings. The molecule has 0 aliphatic carbocycles. The van der Waals surface area contributed by atoms with Crippen LogP contribution in [0.2, 0.25) is 0 Å². The second-order valence-corrected chi connectivity index (χ2v) is 7.23. The number of para-hydroxylation sites is 1. The number of hydrogen-bond donors (Lipinski definition) is 1. The Hall–Kier alpha value is -3.39. The molecule has 2 aromatic heterocycles. The largest absolute Gasteiger partial charge is 0.339 e. The minimum Gasteiger partial charge on any atom is -0.339 e. The number of nitrogens with one attached hydrogen (secondary N) is 1. The molecular formula is C21H15F2N3O2S. The zero-order valence-corrected chi connectivity index (χ0v) is 15.9. The molecule has 146 valence electrons. The molecule has 0 saturated heterocycles. The first kappa shape index (κ1) is 18.9. The van der Waals surface area contributed by atoms with Gasteiger partial charge in [0.2, 0.25) is 17.6 Å². The molecule has 4 aromatic rings. The maximum absolute atomic E-state index is 13.8. The first-order chi connectivity index (χ1) is 14.1. The number of nitrogens with zero attached hydrogens (tertiary/aromatic N) is 2. The molecule has 0 bridgehead atoms. The average molecular weight is 411 g/mol. The molecule has 0 radical (unpaired) electrons. The van der Waals surface area contributed by atoms with Crippen LogP contribution in [0.4, 0.5) is 14.5 Å². The van der Waals surface area contributed by atoms with E-state index in [1.54, 1.807) is 12.1 Å². The van der Waals surface area contributed by atoms with Gasteiger partial charge in [0, 0.05) is 11.8 Å². The Balaban J connectivity index is 1.47. The normalized spacial score (nSPS) is 10.8. The van der Waals surface area contributed by atoms with Gasteiger partial charge in [-0.25, -0.2) is 8.78 Å². The van der Waals surface area contributed by atoms with E-state index < -0.39 is 17.5 Å². The fourth-order valence-corrected chi connectivity index (χ4v) is 3.47. The zero-order valence-electron chi connectivity index (χ0n) is 15.1. The molecule has 0 spiro atoms. The van der Waals surface area contributed by atoms with E-state index in [1.165, 1.54) is 17.4 Å². The zero-order chi connectivity index (χ0) is 20.2. The van der Waals surface area contributed by atoms with Gasteiger partial charge in [-0.2, -0.15) is 4.98 Å². The van der Waals surface area contributed by atoms with Gasteiger partial charge in [0.25, 0.3) is 0 Å². The molecule has 1 N–H and O–H groups in total. The van der Waals surface area contributed by atoms with Crippen LogP contribution in [0.3, 0.4) is 0 Å². The summed E-state index contributed by atoms with van der Waals surface area (Å²) in [6.07, 6.45) is 0.128. The summed E-state index contributed by atoms with van der Waals surface area (Å²) in [5.41, 5.74) is 1.47. The Morgan fingerprint density at radius 3 is 2.72 bits per heavy atom. The van der Waals surface area contributed by atoms with Crippen molar-refractivity contribution in [1.29, 1.82) is 0 Å². The van der Waals surface area contributed by atoms with Gasteiger partial charge in [0.05, 0.1) is 17.7 Å². The van der Waals surface area contributed by atoms with E-state index in [1.807, 2.05) is 29.6 Å². The summed E-state index contributed by atoms with van der Waals surface area (Å²) in [7, 11) is 0. The summed E-state index contributed by atoms with van der Waals surface area (Å²) in [6.45, 7) is 0. The maximum atomic E-state index is 13.8. The number of benzene rings is 2. The van der Waals surface area contributed by atoms with Gasteiger partial charge in [-0.3, -0.25) is 4.79 Å². The van der Waals surface area contributed by atoms with Crippen LogP contribution >= 0.6 is 11.3 Å². The third-order valence-corrected chi connectivity index (χ3v) is 5.07. The Morgan fingerprint density at radius 1 is 1.07 bits per heavy atom. The molecule has 29 heavy (non-hydrogen) atoms. The highest BCUT2D eigenvalue weighted by Crippen LogP contribution is 2.24. The fraction of sp³-hybridized carbons (Fsp3) is 0.0952. The predicted molar refractivity (Wildman–Crippen MR) is 106 cm³/mol. The first-order valence-corrected chi connectivity index (χ1v) is 9.64. The SMILES string of the molecule is O=C(Cc1ccc(F)cc1F)Nc1ccccc1Cc1nc(-c2cccs2)no1. The molecule has 0 fully saturated rings. The van der Waals surface area contributed by atoms with Crippen molar-refractivity contribution in [3.8, 4) is 10.7 Å². The average Bonchev–Trinajstić information content (AvgIpc) is 3.37. The Kier molecular flexibility index (Phi) is 5.44. The molecule has 2 aromatic carbocycles. The number of amides is 1. The van der Waals surface area contributed by atoms with Gasteiger partial charge in [0.15, 0.2) is 0 Å². The summed E-state index contributed by atoms with van der Waals surface area (Å²) in [6, 6.07) is 14.2. The lowest BCUT2D eigenvalue weighted by Gasteiger charge is -2.10. The summed E-state index contributed by atoms with van der Waals surface area (Å²) in [4.78, 5) is 17.7. The fourth-order valence-electron chi connectivity index (χ4n) is 2.82. The van der Waals surface area contributed by atoms with Crippen LogP contribution in [-0.2, 0) is 17.6 Å². The second-order valence-electron chi connectivity index (χ2n) is 6.28. The van der Waals surface area contributed by atoms with E-state index in [0.717, 1.165) is 22.6 Å². The highest BCUT2D eigenvalue weighted by molar-refractivity contribution is 7.13. The smallest absolute Gasteiger partial charge is 0.231 e. The van der Waals surface area contributed by atoms with Crippen molar-refractivity contribution in [3.63, 3.8) is 0 Å². The van der Waals surface area contributed by atoms with E-state index in [9.17, 15) is 13.6 Å². The highest BCUT2D eigenvalue weighted by atomic mass is 32.1. The Bertz CT molecular complexity index is 1140. The Morgan fingerprint density at radius 2 is 1.93 bits per heavy atom. The molecule has 5 nitrogen and oxygen atoms in total. The number of rotatable bonds is 6. The molecule has 0 aliphatic heterocycles. The number of hydrogen-bond acceptors (Lipinski definition) is 5. The van der Waals surface area contributed by atoms with Crippen molar-refractivity contribution in [3.05, 3.63) is 88.6 Å². The van der Waals surface area contributed by atoms with Gasteiger partial charge < -0.3 is 9.84 Å². The van der Waals surface area contributed by atoms with E-state index in [0.29, 0.717) is 23.8 Å². The number of halogens is 2. The highest BCUT2D eigenvalue weighted by Gasteiger charge is 2.14. The predicted octanol–water partition coefficient (Wildman–Crippen LogP) is 4.85. The number of carbonyl (C=O) groups excluding carboxylic acids is 1. The van der Waals surface area contributed by atoms with Crippen molar-refractivity contribution >= 4 is 22.9 Å². The molecule has 0 unspecified atom stereocenters. The number of anilines is 1. The Labute approximate surface area is 169 Å². The molecular weight excluding hydrogens is 396 g/mol. The van der Waals surface area contributed by atoms with E-state index in [4.69, 9.17) is 4.52 Å². The van der Waals surface area contributed by atoms with Crippen LogP contribution in [0, 0.1) is 11.6 Å². The van der Waals surface area contributed by atoms with E-state index in [2.05, 4.69) is 15.5 Å². The number of thiophene rings is 1. The van der Waals surface area contributed by atoms with Crippen molar-refractivity contribution in [2.75, 3.05) is 5.32 Å². The minimum absolute atomic E-state index is 0.124. The van der Waals surface area contributed by atoms with Crippen LogP contribution < -0.4 is 5.32 Å². The van der Waals surface area contributed by atoms with E-state index >= 15 is 0 Å². The van der Waals surface area contributed by atoms with Crippen molar-refractivity contribution in [1.82, 2.24) is 10.1 Å². The van der Waals surface area contributed by atoms with Gasteiger partial charge in [-0.1, -0.05) is 35.5 Å². The monoisotopic (exact) mass is 411 g/mol. The van der Waals surface area contributed by atoms with Crippen LogP contribution in [0.5, 0.6) is 0 Å². The summed E-state index contributed by atoms with van der Waals surface area (Å²) < 4.78 is 32.1. The minimum atomic E-state index is -0.750. The van der Waals surface area contributed by atoms with Gasteiger partial charge >= 0.3 is 0 Å². The molecule has 0 atom stereocenters. The molecule has 1 amide bonds. The summed E-state index contributed by atoms with van der Waals surface area (Å²) >= 11 is 1.51. The quantitative estimate of drug-likeness (QED) is 0.493. The molecule has 4 rings (SSSR count). The molecule has 8 heteroatoms. The summed E-state index contributed by atoms with van der Waals surface area (Å²) in [5, 5.41) is 8.68. The van der Waals surface area contributed by atoms with Crippen molar-refractivity contribution in [2.45, 2.75) is 12.8 Å². The van der Waals surface area contributed by atoms with Crippen LogP contribution in [0.15, 0.2) is 64.5 Å². The van der Waals surface area contributed by atoms with Crippen LogP contribution in [0.25, 0.3) is 10.7 Å². The topological polar surface area (TPSA) is 68.0 Å². The van der Waals surface area contributed by atoms with Gasteiger partial charge in [0.1, 0.15) is 11.6 Å². The number of aromatic nitrogens is 2. The van der Waals surface area contributed by atoms with Crippen molar-refractivity contribution in [2.24, 2.45) is 0 Å².